The molecule has 0 aliphatic heterocycles. The zero-order chi connectivity index (χ0) is 13.5. The Balaban J connectivity index is 0. The van der Waals surface area contributed by atoms with Crippen LogP contribution in [-0.2, 0) is 9.36 Å². The van der Waals surface area contributed by atoms with E-state index in [-0.39, 0.29) is 0 Å². The first-order valence-corrected chi connectivity index (χ1v) is 5.53. The van der Waals surface area contributed by atoms with Crippen molar-refractivity contribution in [2.24, 2.45) is 0 Å². The number of phosphoric acid groups is 1. The molecule has 10 heteroatoms. The molecule has 0 fully saturated rings. The molecule has 98 valence electrons. The summed E-state index contributed by atoms with van der Waals surface area (Å²) in [7, 11) is -4.64. The minimum atomic E-state index is -4.64. The summed E-state index contributed by atoms with van der Waals surface area (Å²) in [5, 5.41) is 34.6. The molecule has 0 bridgehead atoms. The van der Waals surface area contributed by atoms with Gasteiger partial charge in [0, 0.05) is 0 Å². The third-order valence-corrected chi connectivity index (χ3v) is 1.30. The molecule has 0 heterocycles. The predicted octanol–water partition coefficient (Wildman–Crippen LogP) is -3.28. The van der Waals surface area contributed by atoms with Crippen molar-refractivity contribution < 1.29 is 44.5 Å². The number of hydrogen-bond acceptors (Lipinski definition) is 6. The van der Waals surface area contributed by atoms with Crippen molar-refractivity contribution in [2.75, 3.05) is 6.61 Å². The van der Waals surface area contributed by atoms with Crippen LogP contribution in [0.5, 0.6) is 0 Å². The van der Waals surface area contributed by atoms with Crippen molar-refractivity contribution in [3.05, 3.63) is 0 Å². The average Bonchev–Trinajstić information content (AvgIpc) is 2.11. The van der Waals surface area contributed by atoms with Gasteiger partial charge in [0.15, 0.2) is 5.78 Å². The quantitative estimate of drug-likeness (QED) is 0.256. The fourth-order valence-electron chi connectivity index (χ4n) is 0.548. The monoisotopic (exact) mass is 262 g/mol. The molecule has 0 aromatic heterocycles. The fraction of sp³-hybridized carbons (Fsp3) is 0.833. The van der Waals surface area contributed by atoms with Crippen LogP contribution in [-0.4, -0.2) is 65.8 Å². The van der Waals surface area contributed by atoms with Crippen LogP contribution in [0.15, 0.2) is 0 Å². The summed E-state index contributed by atoms with van der Waals surface area (Å²) in [5.74, 6) is -0.904. The normalized spacial score (nSPS) is 16.8. The number of Topliss-reactive ketones (excluding diaryl/α,β-unsaturated/α-hetero) is 1. The Labute approximate surface area is 90.8 Å². The first kappa shape index (κ1) is 18.0. The minimum absolute atomic E-state index is 0.842. The molecular weight excluding hydrogens is 247 g/mol. The van der Waals surface area contributed by atoms with Crippen LogP contribution in [0.3, 0.4) is 0 Å². The Kier molecular flexibility index (Phi) is 8.80. The smallest absolute Gasteiger partial charge is 0.391 e. The van der Waals surface area contributed by atoms with Crippen molar-refractivity contribution in [3.8, 4) is 0 Å². The van der Waals surface area contributed by atoms with Gasteiger partial charge in [0.25, 0.3) is 0 Å². The maximum absolute atomic E-state index is 10.5. The molecule has 0 saturated heterocycles. The highest BCUT2D eigenvalue weighted by atomic mass is 31.2. The molecule has 0 spiro atoms. The lowest BCUT2D eigenvalue weighted by molar-refractivity contribution is -0.140. The van der Waals surface area contributed by atoms with E-state index in [0.29, 0.717) is 0 Å². The number of ketones is 1. The van der Waals surface area contributed by atoms with Gasteiger partial charge in [0.1, 0.15) is 18.8 Å². The van der Waals surface area contributed by atoms with Gasteiger partial charge in [-0.05, 0) is 6.92 Å². The molecule has 0 aliphatic rings. The standard InChI is InChI=1S/C6H12O5.H3O4P/c1-3(8)5(10)6(11)4(9)2-7;1-5(2,3)4/h3,5-8,10-11H,2H2,1H3;(H3,1,2,3,4)/t3-,5+,6+;/m0./s1. The first-order valence-electron chi connectivity index (χ1n) is 3.96. The van der Waals surface area contributed by atoms with Crippen LogP contribution >= 0.6 is 7.82 Å². The minimum Gasteiger partial charge on any atom is -0.391 e. The number of carbonyl (C=O) groups is 1. The molecule has 0 saturated carbocycles. The van der Waals surface area contributed by atoms with Crippen molar-refractivity contribution in [1.29, 1.82) is 0 Å². The van der Waals surface area contributed by atoms with E-state index in [1.54, 1.807) is 0 Å². The summed E-state index contributed by atoms with van der Waals surface area (Å²) in [6.07, 6.45) is -4.44. The fourth-order valence-corrected chi connectivity index (χ4v) is 0.548. The molecule has 3 atom stereocenters. The molecule has 0 unspecified atom stereocenters. The number of rotatable bonds is 4. The molecule has 0 aromatic rings. The third-order valence-electron chi connectivity index (χ3n) is 1.30. The lowest BCUT2D eigenvalue weighted by atomic mass is 10.1. The molecule has 7 N–H and O–H groups in total. The van der Waals surface area contributed by atoms with E-state index >= 15 is 0 Å². The van der Waals surface area contributed by atoms with Gasteiger partial charge < -0.3 is 35.1 Å². The van der Waals surface area contributed by atoms with Crippen LogP contribution in [0.25, 0.3) is 0 Å². The van der Waals surface area contributed by atoms with Gasteiger partial charge in [-0.3, -0.25) is 4.79 Å². The SMILES string of the molecule is C[C@H](O)[C@@H](O)[C@H](O)C(=O)CO.O=P(O)(O)O. The highest BCUT2D eigenvalue weighted by molar-refractivity contribution is 7.45. The second-order valence-electron chi connectivity index (χ2n) is 2.81. The number of aliphatic hydroxyl groups is 4. The highest BCUT2D eigenvalue weighted by Gasteiger charge is 2.26. The molecule has 0 aromatic carbocycles. The van der Waals surface area contributed by atoms with Crippen LogP contribution in [0.4, 0.5) is 0 Å². The van der Waals surface area contributed by atoms with Gasteiger partial charge in [0.05, 0.1) is 6.10 Å². The van der Waals surface area contributed by atoms with Gasteiger partial charge >= 0.3 is 7.82 Å². The molecule has 0 amide bonds. The lowest BCUT2D eigenvalue weighted by Crippen LogP contribution is -2.42. The van der Waals surface area contributed by atoms with E-state index in [1.807, 2.05) is 0 Å². The first-order chi connectivity index (χ1) is 7.00. The van der Waals surface area contributed by atoms with E-state index in [1.165, 1.54) is 6.92 Å². The van der Waals surface area contributed by atoms with E-state index in [4.69, 9.17) is 39.7 Å². The van der Waals surface area contributed by atoms with E-state index < -0.39 is 38.5 Å². The molecule has 0 rings (SSSR count). The summed E-state index contributed by atoms with van der Waals surface area (Å²) in [6, 6.07) is 0. The topological polar surface area (TPSA) is 176 Å². The highest BCUT2D eigenvalue weighted by Crippen LogP contribution is 2.25. The molecule has 0 radical (unpaired) electrons. The van der Waals surface area contributed by atoms with Crippen molar-refractivity contribution in [3.63, 3.8) is 0 Å². The predicted molar refractivity (Wildman–Crippen MR) is 50.1 cm³/mol. The Morgan fingerprint density at radius 2 is 1.50 bits per heavy atom. The summed E-state index contributed by atoms with van der Waals surface area (Å²) < 4.78 is 8.88. The van der Waals surface area contributed by atoms with Gasteiger partial charge in [-0.15, -0.1) is 0 Å². The van der Waals surface area contributed by atoms with Gasteiger partial charge in [-0.25, -0.2) is 4.57 Å². The van der Waals surface area contributed by atoms with Crippen LogP contribution < -0.4 is 0 Å². The zero-order valence-electron chi connectivity index (χ0n) is 8.33. The van der Waals surface area contributed by atoms with Crippen LogP contribution in [0, 0.1) is 0 Å². The third kappa shape index (κ3) is 11.7. The largest absolute Gasteiger partial charge is 0.466 e. The van der Waals surface area contributed by atoms with E-state index in [9.17, 15) is 4.79 Å². The molecule has 9 nitrogen and oxygen atoms in total. The number of hydrogen-bond donors (Lipinski definition) is 7. The summed E-state index contributed by atoms with van der Waals surface area (Å²) in [4.78, 5) is 32.0. The summed E-state index contributed by atoms with van der Waals surface area (Å²) in [6.45, 7) is 0.392. The Morgan fingerprint density at radius 1 is 1.19 bits per heavy atom. The van der Waals surface area contributed by atoms with Crippen LogP contribution in [0.2, 0.25) is 0 Å². The Bertz CT molecular complexity index is 238. The van der Waals surface area contributed by atoms with E-state index in [2.05, 4.69) is 0 Å². The second-order valence-corrected chi connectivity index (χ2v) is 3.84. The Hall–Kier alpha value is -0.380. The number of aliphatic hydroxyl groups excluding tert-OH is 4. The van der Waals surface area contributed by atoms with Crippen LogP contribution in [0.1, 0.15) is 6.92 Å². The van der Waals surface area contributed by atoms with Crippen molar-refractivity contribution in [2.45, 2.75) is 25.2 Å². The van der Waals surface area contributed by atoms with Crippen molar-refractivity contribution in [1.82, 2.24) is 0 Å². The van der Waals surface area contributed by atoms with Crippen molar-refractivity contribution >= 4 is 13.6 Å². The lowest BCUT2D eigenvalue weighted by Gasteiger charge is -2.17. The van der Waals surface area contributed by atoms with Gasteiger partial charge in [-0.1, -0.05) is 0 Å². The van der Waals surface area contributed by atoms with Gasteiger partial charge in [0.2, 0.25) is 0 Å². The summed E-state index contributed by atoms with van der Waals surface area (Å²) in [5.41, 5.74) is 0. The Morgan fingerprint density at radius 3 is 1.69 bits per heavy atom. The maximum Gasteiger partial charge on any atom is 0.466 e. The molecule has 0 aliphatic carbocycles. The average molecular weight is 262 g/mol. The zero-order valence-corrected chi connectivity index (χ0v) is 9.23. The molecular formula is C6H15O9P. The van der Waals surface area contributed by atoms with E-state index in [0.717, 1.165) is 0 Å². The maximum atomic E-state index is 10.5. The number of carbonyl (C=O) groups excluding carboxylic acids is 1. The summed E-state index contributed by atoms with van der Waals surface area (Å²) >= 11 is 0. The van der Waals surface area contributed by atoms with Gasteiger partial charge in [-0.2, -0.15) is 0 Å². The second kappa shape index (κ2) is 7.82. The molecule has 16 heavy (non-hydrogen) atoms.